The van der Waals surface area contributed by atoms with Gasteiger partial charge in [-0.25, -0.2) is 0 Å². The van der Waals surface area contributed by atoms with Crippen LogP contribution in [0.4, 0.5) is 0 Å². The molecule has 3 heteroatoms. The van der Waals surface area contributed by atoms with E-state index in [0.717, 1.165) is 30.0 Å². The van der Waals surface area contributed by atoms with Crippen molar-refractivity contribution in [1.29, 1.82) is 0 Å². The highest BCUT2D eigenvalue weighted by Gasteiger charge is 2.19. The van der Waals surface area contributed by atoms with Gasteiger partial charge in [-0.3, -0.25) is 4.98 Å². The molecule has 138 valence electrons. The summed E-state index contributed by atoms with van der Waals surface area (Å²) in [5.74, 6) is 0.991. The number of aromatic nitrogens is 1. The molecular formula is C23H29NOS. The highest BCUT2D eigenvalue weighted by Crippen LogP contribution is 2.44. The fourth-order valence-electron chi connectivity index (χ4n) is 3.78. The number of nitrogens with zero attached hydrogens (tertiary/aromatic N) is 1. The van der Waals surface area contributed by atoms with E-state index in [1.807, 2.05) is 0 Å². The number of aryl methyl sites for hydroxylation is 5. The van der Waals surface area contributed by atoms with Gasteiger partial charge in [-0.2, -0.15) is 0 Å². The van der Waals surface area contributed by atoms with Crippen molar-refractivity contribution < 1.29 is 4.74 Å². The van der Waals surface area contributed by atoms with Gasteiger partial charge in [0.1, 0.15) is 5.75 Å². The zero-order chi connectivity index (χ0) is 18.8. The quantitative estimate of drug-likeness (QED) is 0.434. The van der Waals surface area contributed by atoms with E-state index in [1.54, 1.807) is 11.3 Å². The molecule has 0 saturated heterocycles. The van der Waals surface area contributed by atoms with Crippen molar-refractivity contribution in [3.8, 4) is 16.9 Å². The van der Waals surface area contributed by atoms with Gasteiger partial charge in [0.2, 0.25) is 0 Å². The third-order valence-corrected chi connectivity index (χ3v) is 5.95. The van der Waals surface area contributed by atoms with Gasteiger partial charge < -0.3 is 4.74 Å². The molecule has 0 bridgehead atoms. The fraction of sp³-hybridized carbons (Fsp3) is 0.435. The minimum absolute atomic E-state index is 0.779. The average Bonchev–Trinajstić information content (AvgIpc) is 2.87. The minimum Gasteiger partial charge on any atom is -0.492 e. The van der Waals surface area contributed by atoms with Crippen LogP contribution in [0.5, 0.6) is 5.75 Å². The number of thiophene rings is 1. The van der Waals surface area contributed by atoms with E-state index < -0.39 is 0 Å². The molecule has 26 heavy (non-hydrogen) atoms. The molecule has 1 aromatic carbocycles. The smallest absolute Gasteiger partial charge is 0.140 e. The molecule has 0 radical (unpaired) electrons. The summed E-state index contributed by atoms with van der Waals surface area (Å²) in [6.45, 7) is 13.8. The standard InChI is InChI=1S/C23H29NOS/c1-7-8-9-10-25-19-13-17(5)24-22-21(18(6)26-23(19)22)20-15(3)11-14(2)12-16(20)4/h11-13H,7-10H2,1-6H3. The van der Waals surface area contributed by atoms with Crippen molar-refractivity contribution in [3.63, 3.8) is 0 Å². The number of unbranched alkanes of at least 4 members (excludes halogenated alkanes) is 2. The van der Waals surface area contributed by atoms with Crippen LogP contribution in [0.2, 0.25) is 0 Å². The fourth-order valence-corrected chi connectivity index (χ4v) is 4.85. The molecule has 0 atom stereocenters. The van der Waals surface area contributed by atoms with Crippen molar-refractivity contribution >= 4 is 21.6 Å². The molecule has 2 nitrogen and oxygen atoms in total. The van der Waals surface area contributed by atoms with Gasteiger partial charge in [0.15, 0.2) is 0 Å². The van der Waals surface area contributed by atoms with Crippen LogP contribution < -0.4 is 4.74 Å². The van der Waals surface area contributed by atoms with Gasteiger partial charge in [0.05, 0.1) is 16.8 Å². The van der Waals surface area contributed by atoms with Gasteiger partial charge >= 0.3 is 0 Å². The summed E-state index contributed by atoms with van der Waals surface area (Å²) in [4.78, 5) is 6.22. The Kier molecular flexibility index (Phi) is 5.67. The first-order valence-corrected chi connectivity index (χ1v) is 10.4. The normalized spacial score (nSPS) is 11.3. The highest BCUT2D eigenvalue weighted by atomic mass is 32.1. The summed E-state index contributed by atoms with van der Waals surface area (Å²) in [5.41, 5.74) is 8.66. The Labute approximate surface area is 161 Å². The lowest BCUT2D eigenvalue weighted by molar-refractivity contribution is 0.310. The Morgan fingerprint density at radius 3 is 2.27 bits per heavy atom. The Bertz CT molecular complexity index is 916. The van der Waals surface area contributed by atoms with Crippen molar-refractivity contribution in [1.82, 2.24) is 4.98 Å². The molecule has 0 amide bonds. The van der Waals surface area contributed by atoms with Crippen LogP contribution in [-0.2, 0) is 0 Å². The predicted octanol–water partition coefficient (Wildman–Crippen LogP) is 7.07. The third-order valence-electron chi connectivity index (χ3n) is 4.84. The molecule has 3 aromatic rings. The van der Waals surface area contributed by atoms with E-state index in [0.29, 0.717) is 0 Å². The van der Waals surface area contributed by atoms with Gasteiger partial charge in [0, 0.05) is 22.2 Å². The lowest BCUT2D eigenvalue weighted by Gasteiger charge is -2.13. The van der Waals surface area contributed by atoms with Gasteiger partial charge in [0.25, 0.3) is 0 Å². The Morgan fingerprint density at radius 2 is 1.62 bits per heavy atom. The number of hydrogen-bond donors (Lipinski definition) is 0. The van der Waals surface area contributed by atoms with E-state index in [9.17, 15) is 0 Å². The van der Waals surface area contributed by atoms with Crippen LogP contribution in [0.15, 0.2) is 18.2 Å². The van der Waals surface area contributed by atoms with Crippen molar-refractivity contribution in [2.45, 2.75) is 60.8 Å². The van der Waals surface area contributed by atoms with E-state index in [4.69, 9.17) is 9.72 Å². The maximum Gasteiger partial charge on any atom is 0.140 e. The van der Waals surface area contributed by atoms with Crippen LogP contribution in [0.25, 0.3) is 21.3 Å². The first kappa shape index (κ1) is 18.9. The molecule has 2 aromatic heterocycles. The molecule has 0 aliphatic heterocycles. The van der Waals surface area contributed by atoms with Crippen molar-refractivity contribution in [2.24, 2.45) is 0 Å². The molecular weight excluding hydrogens is 338 g/mol. The predicted molar refractivity (Wildman–Crippen MR) is 114 cm³/mol. The van der Waals surface area contributed by atoms with Crippen molar-refractivity contribution in [2.75, 3.05) is 6.61 Å². The second kappa shape index (κ2) is 7.79. The maximum absolute atomic E-state index is 6.16. The summed E-state index contributed by atoms with van der Waals surface area (Å²) in [6, 6.07) is 6.62. The third kappa shape index (κ3) is 3.64. The molecule has 0 aliphatic carbocycles. The Balaban J connectivity index is 2.14. The Morgan fingerprint density at radius 1 is 0.923 bits per heavy atom. The molecule has 3 rings (SSSR count). The second-order valence-electron chi connectivity index (χ2n) is 7.30. The lowest BCUT2D eigenvalue weighted by atomic mass is 9.93. The molecule has 0 N–H and O–H groups in total. The van der Waals surface area contributed by atoms with E-state index >= 15 is 0 Å². The largest absolute Gasteiger partial charge is 0.492 e. The SMILES string of the molecule is CCCCCOc1cc(C)nc2c(-c3c(C)cc(C)cc3C)c(C)sc12. The first-order chi connectivity index (χ1) is 12.4. The maximum atomic E-state index is 6.16. The van der Waals surface area contributed by atoms with E-state index in [2.05, 4.69) is 59.7 Å². The molecule has 0 fully saturated rings. The summed E-state index contributed by atoms with van der Waals surface area (Å²) in [6.07, 6.45) is 3.53. The number of benzene rings is 1. The van der Waals surface area contributed by atoms with E-state index in [-0.39, 0.29) is 0 Å². The van der Waals surface area contributed by atoms with Gasteiger partial charge in [-0.05, 0) is 57.7 Å². The topological polar surface area (TPSA) is 22.1 Å². The number of ether oxygens (including phenoxy) is 1. The number of fused-ring (bicyclic) bond motifs is 1. The van der Waals surface area contributed by atoms with Crippen LogP contribution in [0, 0.1) is 34.6 Å². The summed E-state index contributed by atoms with van der Waals surface area (Å²) < 4.78 is 7.34. The second-order valence-corrected chi connectivity index (χ2v) is 8.53. The minimum atomic E-state index is 0.779. The highest BCUT2D eigenvalue weighted by molar-refractivity contribution is 7.20. The summed E-state index contributed by atoms with van der Waals surface area (Å²) >= 11 is 1.81. The van der Waals surface area contributed by atoms with Crippen LogP contribution in [0.1, 0.15) is 53.4 Å². The number of rotatable bonds is 6. The Hall–Kier alpha value is -1.87. The summed E-state index contributed by atoms with van der Waals surface area (Å²) in [5, 5.41) is 0. The molecule has 0 unspecified atom stereocenters. The van der Waals surface area contributed by atoms with Crippen LogP contribution in [0.3, 0.4) is 0 Å². The van der Waals surface area contributed by atoms with E-state index in [1.165, 1.54) is 50.2 Å². The molecule has 0 saturated carbocycles. The molecule has 0 aliphatic rings. The summed E-state index contributed by atoms with van der Waals surface area (Å²) in [7, 11) is 0. The molecule has 0 spiro atoms. The van der Waals surface area contributed by atoms with Gasteiger partial charge in [-0.15, -0.1) is 11.3 Å². The number of hydrogen-bond acceptors (Lipinski definition) is 3. The zero-order valence-electron chi connectivity index (χ0n) is 16.8. The average molecular weight is 368 g/mol. The van der Waals surface area contributed by atoms with Crippen LogP contribution >= 0.6 is 11.3 Å². The monoisotopic (exact) mass is 367 g/mol. The van der Waals surface area contributed by atoms with Crippen molar-refractivity contribution in [3.05, 3.63) is 45.5 Å². The van der Waals surface area contributed by atoms with Gasteiger partial charge in [-0.1, -0.05) is 37.5 Å². The van der Waals surface area contributed by atoms with Crippen LogP contribution in [-0.4, -0.2) is 11.6 Å². The lowest BCUT2D eigenvalue weighted by Crippen LogP contribution is -1.98. The molecule has 2 heterocycles. The number of pyridine rings is 1. The zero-order valence-corrected chi connectivity index (χ0v) is 17.6. The first-order valence-electron chi connectivity index (χ1n) is 9.54.